The molecule has 0 aromatic heterocycles. The predicted octanol–water partition coefficient (Wildman–Crippen LogP) is 4.92. The maximum absolute atomic E-state index is 12.7. The van der Waals surface area contributed by atoms with Crippen molar-refractivity contribution in [3.63, 3.8) is 0 Å². The molecule has 0 saturated carbocycles. The van der Waals surface area contributed by atoms with Crippen LogP contribution in [0.4, 0.5) is 0 Å². The third kappa shape index (κ3) is 4.56. The topological polar surface area (TPSA) is 56.8 Å². The van der Waals surface area contributed by atoms with E-state index in [-0.39, 0.29) is 17.6 Å². The Morgan fingerprint density at radius 3 is 2.55 bits per heavy atom. The number of hydrogen-bond acceptors (Lipinski definition) is 4. The molecule has 1 amide bonds. The van der Waals surface area contributed by atoms with Gasteiger partial charge in [-0.3, -0.25) is 4.79 Å². The van der Waals surface area contributed by atoms with Crippen molar-refractivity contribution in [1.82, 2.24) is 5.32 Å². The number of benzene rings is 2. The number of carbonyl (C=O) groups excluding carboxylic acids is 1. The molecule has 1 heterocycles. The molecule has 5 nitrogen and oxygen atoms in total. The van der Waals surface area contributed by atoms with E-state index in [0.29, 0.717) is 11.5 Å². The molecule has 0 fully saturated rings. The van der Waals surface area contributed by atoms with Crippen molar-refractivity contribution in [3.05, 3.63) is 59.7 Å². The van der Waals surface area contributed by atoms with Crippen molar-refractivity contribution in [1.29, 1.82) is 0 Å². The van der Waals surface area contributed by atoms with Crippen LogP contribution in [0.2, 0.25) is 0 Å². The number of methoxy groups -OCH3 is 2. The van der Waals surface area contributed by atoms with Crippen molar-refractivity contribution < 1.29 is 19.0 Å². The number of fused-ring (bicyclic) bond motifs is 1. The lowest BCUT2D eigenvalue weighted by molar-refractivity contribution is -0.117. The smallest absolute Gasteiger partial charge is 0.244 e. The van der Waals surface area contributed by atoms with Crippen LogP contribution in [0.1, 0.15) is 50.3 Å². The highest BCUT2D eigenvalue weighted by Crippen LogP contribution is 2.42. The fraction of sp³-hybridized carbons (Fsp3) is 0.375. The number of rotatable bonds is 7. The highest BCUT2D eigenvalue weighted by atomic mass is 16.5. The Morgan fingerprint density at radius 1 is 1.14 bits per heavy atom. The third-order valence-corrected chi connectivity index (χ3v) is 5.64. The van der Waals surface area contributed by atoms with Crippen LogP contribution in [-0.2, 0) is 4.79 Å². The van der Waals surface area contributed by atoms with E-state index in [1.807, 2.05) is 42.5 Å². The molecule has 1 atom stereocenters. The van der Waals surface area contributed by atoms with Crippen molar-refractivity contribution in [2.75, 3.05) is 14.2 Å². The molecule has 0 spiro atoms. The van der Waals surface area contributed by atoms with Gasteiger partial charge >= 0.3 is 0 Å². The van der Waals surface area contributed by atoms with Crippen LogP contribution in [0.25, 0.3) is 6.08 Å². The highest BCUT2D eigenvalue weighted by molar-refractivity contribution is 5.92. The zero-order valence-corrected chi connectivity index (χ0v) is 17.5. The van der Waals surface area contributed by atoms with E-state index in [9.17, 15) is 4.79 Å². The Hall–Kier alpha value is -2.95. The average molecular weight is 395 g/mol. The molecule has 2 aromatic rings. The second kappa shape index (κ2) is 9.03. The molecule has 3 rings (SSSR count). The number of para-hydroxylation sites is 1. The molecular formula is C24H29NO4. The van der Waals surface area contributed by atoms with Gasteiger partial charge in [0.2, 0.25) is 5.91 Å². The second-order valence-corrected chi connectivity index (χ2v) is 7.24. The summed E-state index contributed by atoms with van der Waals surface area (Å²) in [4.78, 5) is 12.7. The maximum Gasteiger partial charge on any atom is 0.244 e. The molecule has 1 N–H and O–H groups in total. The van der Waals surface area contributed by atoms with Gasteiger partial charge in [-0.1, -0.05) is 38.1 Å². The molecule has 5 heteroatoms. The Morgan fingerprint density at radius 2 is 1.86 bits per heavy atom. The lowest BCUT2D eigenvalue weighted by Gasteiger charge is -2.41. The largest absolute Gasteiger partial charge is 0.493 e. The molecule has 1 aliphatic heterocycles. The van der Waals surface area contributed by atoms with Crippen LogP contribution in [0.15, 0.2) is 48.5 Å². The van der Waals surface area contributed by atoms with Gasteiger partial charge in [-0.2, -0.15) is 0 Å². The minimum atomic E-state index is -0.251. The fourth-order valence-corrected chi connectivity index (χ4v) is 3.78. The van der Waals surface area contributed by atoms with Crippen molar-refractivity contribution >= 4 is 12.0 Å². The molecule has 0 saturated heterocycles. The van der Waals surface area contributed by atoms with Crippen LogP contribution in [0, 0.1) is 0 Å². The van der Waals surface area contributed by atoms with Gasteiger partial charge in [0.25, 0.3) is 0 Å². The summed E-state index contributed by atoms with van der Waals surface area (Å²) in [5, 5.41) is 3.16. The van der Waals surface area contributed by atoms with E-state index >= 15 is 0 Å². The van der Waals surface area contributed by atoms with E-state index in [2.05, 4.69) is 19.2 Å². The van der Waals surface area contributed by atoms with Crippen LogP contribution >= 0.6 is 0 Å². The standard InChI is InChI=1S/C24H29NO4/c1-5-24(6-2)16-19(18-9-7-8-10-20(18)29-24)25-23(26)14-12-17-11-13-21(27-3)22(15-17)28-4/h7-15,19H,5-6,16H2,1-4H3,(H,25,26)/b14-12+. The number of amides is 1. The molecule has 0 radical (unpaired) electrons. The summed E-state index contributed by atoms with van der Waals surface area (Å²) >= 11 is 0. The molecule has 0 bridgehead atoms. The number of ether oxygens (including phenoxy) is 3. The summed E-state index contributed by atoms with van der Waals surface area (Å²) in [5.74, 6) is 2.01. The molecular weight excluding hydrogens is 366 g/mol. The van der Waals surface area contributed by atoms with Gasteiger partial charge in [-0.25, -0.2) is 0 Å². The number of carbonyl (C=O) groups is 1. The Balaban J connectivity index is 1.77. The normalized spacial score (nSPS) is 17.3. The second-order valence-electron chi connectivity index (χ2n) is 7.24. The molecule has 1 aliphatic rings. The minimum Gasteiger partial charge on any atom is -0.493 e. The van der Waals surface area contributed by atoms with Crippen molar-refractivity contribution in [2.24, 2.45) is 0 Å². The zero-order chi connectivity index (χ0) is 20.9. The van der Waals surface area contributed by atoms with E-state index < -0.39 is 0 Å². The monoisotopic (exact) mass is 395 g/mol. The van der Waals surface area contributed by atoms with Crippen LogP contribution in [0.5, 0.6) is 17.2 Å². The maximum atomic E-state index is 12.7. The molecule has 0 aliphatic carbocycles. The average Bonchev–Trinajstić information content (AvgIpc) is 2.77. The molecule has 1 unspecified atom stereocenters. The summed E-state index contributed by atoms with van der Waals surface area (Å²) in [7, 11) is 3.19. The van der Waals surface area contributed by atoms with Crippen LogP contribution in [-0.4, -0.2) is 25.7 Å². The van der Waals surface area contributed by atoms with E-state index in [1.165, 1.54) is 0 Å². The van der Waals surface area contributed by atoms with Crippen LogP contribution in [0.3, 0.4) is 0 Å². The molecule has 2 aromatic carbocycles. The van der Waals surface area contributed by atoms with Gasteiger partial charge in [0.05, 0.1) is 20.3 Å². The lowest BCUT2D eigenvalue weighted by Crippen LogP contribution is -2.44. The SMILES string of the molecule is CCC1(CC)CC(NC(=O)/C=C/c2ccc(OC)c(OC)c2)c2ccccc2O1. The summed E-state index contributed by atoms with van der Waals surface area (Å²) in [5.41, 5.74) is 1.64. The summed E-state index contributed by atoms with van der Waals surface area (Å²) < 4.78 is 16.9. The molecule has 154 valence electrons. The summed E-state index contributed by atoms with van der Waals surface area (Å²) in [6.45, 7) is 4.26. The van der Waals surface area contributed by atoms with Crippen LogP contribution < -0.4 is 19.5 Å². The molecule has 29 heavy (non-hydrogen) atoms. The van der Waals surface area contributed by atoms with E-state index in [0.717, 1.165) is 36.1 Å². The van der Waals surface area contributed by atoms with Crippen molar-refractivity contribution in [3.8, 4) is 17.2 Å². The first kappa shape index (κ1) is 20.8. The van der Waals surface area contributed by atoms with E-state index in [4.69, 9.17) is 14.2 Å². The van der Waals surface area contributed by atoms with Gasteiger partial charge < -0.3 is 19.5 Å². The Bertz CT molecular complexity index is 886. The van der Waals surface area contributed by atoms with Gasteiger partial charge in [-0.15, -0.1) is 0 Å². The quantitative estimate of drug-likeness (QED) is 0.677. The number of nitrogens with one attached hydrogen (secondary N) is 1. The van der Waals surface area contributed by atoms with Gasteiger partial charge in [0.1, 0.15) is 11.4 Å². The first-order valence-electron chi connectivity index (χ1n) is 10.0. The Labute approximate surface area is 172 Å². The minimum absolute atomic E-state index is 0.0811. The van der Waals surface area contributed by atoms with E-state index in [1.54, 1.807) is 26.4 Å². The summed E-state index contributed by atoms with van der Waals surface area (Å²) in [6.07, 6.45) is 5.87. The lowest BCUT2D eigenvalue weighted by atomic mass is 9.83. The number of hydrogen-bond donors (Lipinski definition) is 1. The van der Waals surface area contributed by atoms with Crippen molar-refractivity contribution in [2.45, 2.75) is 44.8 Å². The van der Waals surface area contributed by atoms with Gasteiger partial charge in [0.15, 0.2) is 11.5 Å². The first-order valence-corrected chi connectivity index (χ1v) is 10.0. The first-order chi connectivity index (χ1) is 14.0. The Kier molecular flexibility index (Phi) is 6.47. The fourth-order valence-electron chi connectivity index (χ4n) is 3.78. The highest BCUT2D eigenvalue weighted by Gasteiger charge is 2.38. The van der Waals surface area contributed by atoms with Gasteiger partial charge in [-0.05, 0) is 42.7 Å². The predicted molar refractivity (Wildman–Crippen MR) is 114 cm³/mol. The summed E-state index contributed by atoms with van der Waals surface area (Å²) in [6, 6.07) is 13.4. The third-order valence-electron chi connectivity index (χ3n) is 5.64. The zero-order valence-electron chi connectivity index (χ0n) is 17.5. The van der Waals surface area contributed by atoms with Gasteiger partial charge in [0, 0.05) is 18.1 Å².